The van der Waals surface area contributed by atoms with Crippen molar-refractivity contribution >= 4 is 22.4 Å². The van der Waals surface area contributed by atoms with E-state index in [0.29, 0.717) is 5.88 Å². The van der Waals surface area contributed by atoms with Gasteiger partial charge in [-0.3, -0.25) is 4.98 Å². The summed E-state index contributed by atoms with van der Waals surface area (Å²) in [5, 5.41) is 2.28. The summed E-state index contributed by atoms with van der Waals surface area (Å²) in [4.78, 5) is 4.05. The van der Waals surface area contributed by atoms with E-state index >= 15 is 0 Å². The quantitative estimate of drug-likeness (QED) is 0.472. The van der Waals surface area contributed by atoms with Gasteiger partial charge in [0.15, 0.2) is 0 Å². The first-order chi connectivity index (χ1) is 6.90. The van der Waals surface area contributed by atoms with Crippen molar-refractivity contribution in [2.24, 2.45) is 0 Å². The molecule has 0 unspecified atom stereocenters. The van der Waals surface area contributed by atoms with Crippen LogP contribution in [0.15, 0.2) is 36.7 Å². The van der Waals surface area contributed by atoms with Crippen molar-refractivity contribution in [1.29, 1.82) is 0 Å². The fraction of sp³-hybridized carbons (Fsp3) is 0.0833. The van der Waals surface area contributed by atoms with Gasteiger partial charge in [-0.05, 0) is 23.6 Å². The number of alkyl halides is 1. The van der Waals surface area contributed by atoms with Gasteiger partial charge in [0.1, 0.15) is 0 Å². The Hall–Kier alpha value is -1.52. The largest absolute Gasteiger partial charge is 0.264 e. The molecular formula is C12H8ClN. The van der Waals surface area contributed by atoms with E-state index in [1.54, 1.807) is 6.20 Å². The van der Waals surface area contributed by atoms with Crippen molar-refractivity contribution in [3.05, 3.63) is 42.2 Å². The van der Waals surface area contributed by atoms with Gasteiger partial charge < -0.3 is 0 Å². The predicted molar refractivity (Wildman–Crippen MR) is 59.3 cm³/mol. The third-order valence-corrected chi connectivity index (χ3v) is 2.07. The van der Waals surface area contributed by atoms with Crippen molar-refractivity contribution in [2.75, 3.05) is 5.88 Å². The van der Waals surface area contributed by atoms with Gasteiger partial charge in [0, 0.05) is 23.3 Å². The number of aromatic nitrogens is 1. The lowest BCUT2D eigenvalue weighted by molar-refractivity contribution is 1.36. The zero-order valence-corrected chi connectivity index (χ0v) is 8.25. The molecule has 0 bridgehead atoms. The third kappa shape index (κ3) is 1.86. The van der Waals surface area contributed by atoms with Crippen molar-refractivity contribution in [2.45, 2.75) is 0 Å². The average molecular weight is 202 g/mol. The Morgan fingerprint density at radius 2 is 2.14 bits per heavy atom. The topological polar surface area (TPSA) is 12.9 Å². The zero-order valence-electron chi connectivity index (χ0n) is 7.50. The van der Waals surface area contributed by atoms with E-state index in [1.807, 2.05) is 30.5 Å². The summed E-state index contributed by atoms with van der Waals surface area (Å²) in [6.45, 7) is 0. The molecule has 2 rings (SSSR count). The molecule has 0 aliphatic heterocycles. The van der Waals surface area contributed by atoms with E-state index in [-0.39, 0.29) is 0 Å². The highest BCUT2D eigenvalue weighted by atomic mass is 35.5. The summed E-state index contributed by atoms with van der Waals surface area (Å²) in [6.07, 6.45) is 3.62. The fourth-order valence-electron chi connectivity index (χ4n) is 1.30. The van der Waals surface area contributed by atoms with Gasteiger partial charge in [-0.2, -0.15) is 0 Å². The molecule has 1 heterocycles. The summed E-state index contributed by atoms with van der Waals surface area (Å²) in [5.41, 5.74) is 0.990. The summed E-state index contributed by atoms with van der Waals surface area (Å²) in [5.74, 6) is 6.18. The molecule has 0 saturated carbocycles. The molecule has 1 aromatic heterocycles. The molecule has 0 fully saturated rings. The monoisotopic (exact) mass is 201 g/mol. The molecule has 68 valence electrons. The first-order valence-corrected chi connectivity index (χ1v) is 4.82. The van der Waals surface area contributed by atoms with Crippen LogP contribution in [0.2, 0.25) is 0 Å². The maximum Gasteiger partial charge on any atom is 0.0839 e. The SMILES string of the molecule is ClCC#Cc1ccc2cnccc2c1. The van der Waals surface area contributed by atoms with Crippen molar-refractivity contribution < 1.29 is 0 Å². The van der Waals surface area contributed by atoms with Gasteiger partial charge in [0.2, 0.25) is 0 Å². The summed E-state index contributed by atoms with van der Waals surface area (Å²) in [6, 6.07) is 8.00. The van der Waals surface area contributed by atoms with Crippen LogP contribution in [0.5, 0.6) is 0 Å². The second kappa shape index (κ2) is 4.13. The molecule has 2 heteroatoms. The minimum absolute atomic E-state index is 0.369. The maximum absolute atomic E-state index is 5.49. The first-order valence-electron chi connectivity index (χ1n) is 4.29. The Kier molecular flexibility index (Phi) is 2.67. The third-order valence-electron chi connectivity index (χ3n) is 1.94. The molecule has 1 aromatic carbocycles. The molecule has 0 amide bonds. The highest BCUT2D eigenvalue weighted by molar-refractivity contribution is 6.19. The lowest BCUT2D eigenvalue weighted by atomic mass is 10.1. The molecule has 0 saturated heterocycles. The first kappa shape index (κ1) is 9.05. The molecular weight excluding hydrogens is 194 g/mol. The molecule has 1 nitrogen and oxygen atoms in total. The van der Waals surface area contributed by atoms with Crippen LogP contribution in [0.25, 0.3) is 10.8 Å². The van der Waals surface area contributed by atoms with Crippen molar-refractivity contribution in [3.63, 3.8) is 0 Å². The van der Waals surface area contributed by atoms with E-state index in [4.69, 9.17) is 11.6 Å². The summed E-state index contributed by atoms with van der Waals surface area (Å²) >= 11 is 5.49. The second-order valence-corrected chi connectivity index (χ2v) is 3.14. The van der Waals surface area contributed by atoms with Gasteiger partial charge in [-0.15, -0.1) is 11.6 Å². The van der Waals surface area contributed by atoms with Crippen LogP contribution in [0.4, 0.5) is 0 Å². The van der Waals surface area contributed by atoms with Crippen LogP contribution >= 0.6 is 11.6 Å². The van der Waals surface area contributed by atoms with E-state index < -0.39 is 0 Å². The van der Waals surface area contributed by atoms with E-state index in [1.165, 1.54) is 0 Å². The van der Waals surface area contributed by atoms with Gasteiger partial charge >= 0.3 is 0 Å². The Morgan fingerprint density at radius 1 is 1.21 bits per heavy atom. The highest BCUT2D eigenvalue weighted by Gasteiger charge is 1.92. The van der Waals surface area contributed by atoms with Crippen LogP contribution in [0.1, 0.15) is 5.56 Å². The van der Waals surface area contributed by atoms with Crippen molar-refractivity contribution in [1.82, 2.24) is 4.98 Å². The molecule has 0 aliphatic carbocycles. The van der Waals surface area contributed by atoms with Crippen molar-refractivity contribution in [3.8, 4) is 11.8 Å². The average Bonchev–Trinajstić information content (AvgIpc) is 2.26. The Labute approximate surface area is 87.7 Å². The predicted octanol–water partition coefficient (Wildman–Crippen LogP) is 2.83. The number of pyridine rings is 1. The highest BCUT2D eigenvalue weighted by Crippen LogP contribution is 2.13. The number of benzene rings is 1. The Morgan fingerprint density at radius 3 is 3.00 bits per heavy atom. The second-order valence-electron chi connectivity index (χ2n) is 2.87. The zero-order chi connectivity index (χ0) is 9.80. The van der Waals surface area contributed by atoms with Gasteiger partial charge in [0.05, 0.1) is 5.88 Å². The minimum atomic E-state index is 0.369. The number of halogens is 1. The van der Waals surface area contributed by atoms with Gasteiger partial charge in [0.25, 0.3) is 0 Å². The van der Waals surface area contributed by atoms with E-state index in [9.17, 15) is 0 Å². The standard InChI is InChI=1S/C12H8ClN/c13-6-1-2-10-3-4-12-9-14-7-5-11(12)8-10/h3-5,7-9H,6H2. The number of fused-ring (bicyclic) bond motifs is 1. The molecule has 0 aliphatic rings. The number of nitrogens with zero attached hydrogens (tertiary/aromatic N) is 1. The van der Waals surface area contributed by atoms with E-state index in [2.05, 4.69) is 16.8 Å². The van der Waals surface area contributed by atoms with Gasteiger partial charge in [-0.25, -0.2) is 0 Å². The molecule has 0 radical (unpaired) electrons. The minimum Gasteiger partial charge on any atom is -0.264 e. The van der Waals surface area contributed by atoms with Crippen LogP contribution in [0, 0.1) is 11.8 Å². The Bertz CT molecular complexity index is 508. The molecule has 14 heavy (non-hydrogen) atoms. The summed E-state index contributed by atoms with van der Waals surface area (Å²) in [7, 11) is 0. The molecule has 0 N–H and O–H groups in total. The molecule has 0 spiro atoms. The van der Waals surface area contributed by atoms with Crippen LogP contribution in [-0.4, -0.2) is 10.9 Å². The normalized spacial score (nSPS) is 9.50. The van der Waals surface area contributed by atoms with Crippen LogP contribution < -0.4 is 0 Å². The maximum atomic E-state index is 5.49. The fourth-order valence-corrected chi connectivity index (χ4v) is 1.36. The summed E-state index contributed by atoms with van der Waals surface area (Å²) < 4.78 is 0. The smallest absolute Gasteiger partial charge is 0.0839 e. The molecule has 0 atom stereocenters. The lowest BCUT2D eigenvalue weighted by Gasteiger charge is -1.96. The van der Waals surface area contributed by atoms with E-state index in [0.717, 1.165) is 16.3 Å². The number of hydrogen-bond acceptors (Lipinski definition) is 1. The molecule has 2 aromatic rings. The Balaban J connectivity index is 2.51. The number of rotatable bonds is 0. The lowest BCUT2D eigenvalue weighted by Crippen LogP contribution is -1.78. The number of hydrogen-bond donors (Lipinski definition) is 0. The van der Waals surface area contributed by atoms with Crippen LogP contribution in [0.3, 0.4) is 0 Å². The van der Waals surface area contributed by atoms with Crippen LogP contribution in [-0.2, 0) is 0 Å². The van der Waals surface area contributed by atoms with Gasteiger partial charge in [-0.1, -0.05) is 17.9 Å².